The van der Waals surface area contributed by atoms with Crippen molar-refractivity contribution in [2.24, 2.45) is 17.2 Å². The normalized spacial score (nSPS) is 17.3. The number of phenolic OH excluding ortho intramolecular Hbond substituents is 1. The molecule has 210 valence electrons. The van der Waals surface area contributed by atoms with Crippen molar-refractivity contribution in [1.29, 1.82) is 0 Å². The predicted molar refractivity (Wildman–Crippen MR) is 137 cm³/mol. The number of hydrogen-bond donors (Lipinski definition) is 7. The molecule has 0 aromatic heterocycles. The molecule has 1 heterocycles. The summed E-state index contributed by atoms with van der Waals surface area (Å²) in [7, 11) is 0. The summed E-state index contributed by atoms with van der Waals surface area (Å²) < 4.78 is 0. The van der Waals surface area contributed by atoms with E-state index in [2.05, 4.69) is 10.6 Å². The number of unbranched alkanes of at least 4 members (excludes halogenated alkanes) is 1. The van der Waals surface area contributed by atoms with Crippen LogP contribution in [-0.2, 0) is 30.4 Å². The number of hydrogen-bond acceptors (Lipinski definition) is 8. The Balaban J connectivity index is 2.19. The summed E-state index contributed by atoms with van der Waals surface area (Å²) in [6, 6.07) is 1.90. The molecule has 0 bridgehead atoms. The Labute approximate surface area is 221 Å². The van der Waals surface area contributed by atoms with E-state index in [1.165, 1.54) is 17.0 Å². The van der Waals surface area contributed by atoms with E-state index < -0.39 is 53.8 Å². The number of nitrogens with two attached hydrogens (primary N) is 3. The molecule has 1 saturated heterocycles. The molecule has 1 aromatic rings. The third-order valence-electron chi connectivity index (χ3n) is 6.43. The van der Waals surface area contributed by atoms with Gasteiger partial charge in [-0.3, -0.25) is 19.2 Å². The van der Waals surface area contributed by atoms with Gasteiger partial charge in [-0.15, -0.1) is 0 Å². The largest absolute Gasteiger partial charge is 0.508 e. The number of carboxylic acids is 1. The number of phenols is 1. The first-order valence-corrected chi connectivity index (χ1v) is 12.7. The average Bonchev–Trinajstić information content (AvgIpc) is 3.37. The predicted octanol–water partition coefficient (Wildman–Crippen LogP) is -1.30. The lowest BCUT2D eigenvalue weighted by Gasteiger charge is -2.30. The smallest absolute Gasteiger partial charge is 0.326 e. The van der Waals surface area contributed by atoms with Crippen LogP contribution in [0.3, 0.4) is 0 Å². The first kappa shape index (κ1) is 30.5. The second kappa shape index (κ2) is 14.9. The van der Waals surface area contributed by atoms with Crippen molar-refractivity contribution < 1.29 is 34.2 Å². The van der Waals surface area contributed by atoms with E-state index in [0.717, 1.165) is 0 Å². The number of aliphatic carboxylic acids is 1. The minimum atomic E-state index is -1.17. The molecule has 10 N–H and O–H groups in total. The Morgan fingerprint density at radius 1 is 1.03 bits per heavy atom. The van der Waals surface area contributed by atoms with Crippen LogP contribution in [0.4, 0.5) is 0 Å². The molecule has 0 radical (unpaired) electrons. The van der Waals surface area contributed by atoms with Crippen molar-refractivity contribution in [3.8, 4) is 5.75 Å². The first-order chi connectivity index (χ1) is 18.0. The maximum absolute atomic E-state index is 13.6. The number of nitrogens with zero attached hydrogens (tertiary/aromatic N) is 1. The number of carbonyl (C=O) groups is 5. The lowest BCUT2D eigenvalue weighted by molar-refractivity contribution is -0.145. The van der Waals surface area contributed by atoms with Crippen LogP contribution in [0.15, 0.2) is 24.3 Å². The maximum Gasteiger partial charge on any atom is 0.326 e. The van der Waals surface area contributed by atoms with Gasteiger partial charge in [0.1, 0.15) is 23.9 Å². The fraction of sp³-hybridized carbons (Fsp3) is 0.560. The standard InChI is InChI=1S/C25H38N6O7/c26-12-2-1-4-18(25(37)38)29-23(35)20-5-3-13-31(20)24(36)19(14-15-6-8-16(32)9-7-15)30-22(34)17(27)10-11-21(28)33/h6-9,17-20,32H,1-5,10-14,26-27H2,(H2,28,33)(H,29,35)(H,30,34)(H,37,38). The van der Waals surface area contributed by atoms with Crippen LogP contribution in [0.5, 0.6) is 5.75 Å². The Hall–Kier alpha value is -3.71. The number of carbonyl (C=O) groups excluding carboxylic acids is 4. The van der Waals surface area contributed by atoms with Crippen LogP contribution >= 0.6 is 0 Å². The van der Waals surface area contributed by atoms with E-state index in [1.807, 2.05) is 0 Å². The number of aromatic hydroxyl groups is 1. The van der Waals surface area contributed by atoms with Crippen LogP contribution in [0.1, 0.15) is 50.5 Å². The van der Waals surface area contributed by atoms with Gasteiger partial charge in [0, 0.05) is 19.4 Å². The molecule has 0 aliphatic carbocycles. The van der Waals surface area contributed by atoms with Gasteiger partial charge in [-0.25, -0.2) is 4.79 Å². The van der Waals surface area contributed by atoms with Crippen molar-refractivity contribution >= 4 is 29.6 Å². The molecule has 2 rings (SSSR count). The Morgan fingerprint density at radius 2 is 1.71 bits per heavy atom. The molecule has 1 fully saturated rings. The van der Waals surface area contributed by atoms with Crippen LogP contribution in [0, 0.1) is 0 Å². The average molecular weight is 535 g/mol. The molecular weight excluding hydrogens is 496 g/mol. The zero-order chi connectivity index (χ0) is 28.2. The summed E-state index contributed by atoms with van der Waals surface area (Å²) >= 11 is 0. The summed E-state index contributed by atoms with van der Waals surface area (Å²) in [5.74, 6) is -3.52. The minimum absolute atomic E-state index is 0.00321. The molecule has 13 heteroatoms. The molecule has 4 amide bonds. The lowest BCUT2D eigenvalue weighted by atomic mass is 10.0. The van der Waals surface area contributed by atoms with Crippen LogP contribution in [0.25, 0.3) is 0 Å². The summed E-state index contributed by atoms with van der Waals surface area (Å²) in [6.45, 7) is 0.656. The van der Waals surface area contributed by atoms with Crippen LogP contribution < -0.4 is 27.8 Å². The van der Waals surface area contributed by atoms with Gasteiger partial charge in [-0.2, -0.15) is 0 Å². The van der Waals surface area contributed by atoms with E-state index in [0.29, 0.717) is 37.8 Å². The molecular formula is C25H38N6O7. The number of primary amides is 1. The van der Waals surface area contributed by atoms with Crippen molar-refractivity contribution in [2.45, 2.75) is 75.5 Å². The Morgan fingerprint density at radius 3 is 2.32 bits per heavy atom. The van der Waals surface area contributed by atoms with Gasteiger partial charge in [-0.1, -0.05) is 12.1 Å². The van der Waals surface area contributed by atoms with Gasteiger partial charge >= 0.3 is 5.97 Å². The molecule has 1 aliphatic rings. The number of amides is 4. The zero-order valence-corrected chi connectivity index (χ0v) is 21.3. The summed E-state index contributed by atoms with van der Waals surface area (Å²) in [5.41, 5.74) is 17.1. The van der Waals surface area contributed by atoms with Crippen molar-refractivity contribution in [2.75, 3.05) is 13.1 Å². The zero-order valence-electron chi connectivity index (χ0n) is 21.3. The number of benzene rings is 1. The minimum Gasteiger partial charge on any atom is -0.508 e. The highest BCUT2D eigenvalue weighted by molar-refractivity contribution is 5.94. The quantitative estimate of drug-likeness (QED) is 0.132. The van der Waals surface area contributed by atoms with E-state index in [4.69, 9.17) is 17.2 Å². The van der Waals surface area contributed by atoms with E-state index in [9.17, 15) is 34.2 Å². The van der Waals surface area contributed by atoms with E-state index in [1.54, 1.807) is 12.1 Å². The van der Waals surface area contributed by atoms with Crippen molar-refractivity contribution in [1.82, 2.24) is 15.5 Å². The number of rotatable bonds is 15. The third kappa shape index (κ3) is 9.30. The van der Waals surface area contributed by atoms with Gasteiger partial charge in [-0.05, 0) is 62.8 Å². The second-order valence-electron chi connectivity index (χ2n) is 9.42. The molecule has 4 unspecified atom stereocenters. The molecule has 1 aliphatic heterocycles. The van der Waals surface area contributed by atoms with E-state index >= 15 is 0 Å². The monoisotopic (exact) mass is 534 g/mol. The molecule has 4 atom stereocenters. The van der Waals surface area contributed by atoms with Crippen LogP contribution in [0.2, 0.25) is 0 Å². The summed E-state index contributed by atoms with van der Waals surface area (Å²) in [6.07, 6.45) is 2.16. The molecule has 13 nitrogen and oxygen atoms in total. The Bertz CT molecular complexity index is 987. The summed E-state index contributed by atoms with van der Waals surface area (Å²) in [4.78, 5) is 63.4. The van der Waals surface area contributed by atoms with Gasteiger partial charge in [0.05, 0.1) is 6.04 Å². The highest BCUT2D eigenvalue weighted by Gasteiger charge is 2.39. The molecule has 0 spiro atoms. The Kier molecular flexibility index (Phi) is 12.0. The fourth-order valence-electron chi connectivity index (χ4n) is 4.30. The third-order valence-corrected chi connectivity index (χ3v) is 6.43. The number of carboxylic acid groups (broad SMARTS) is 1. The van der Waals surface area contributed by atoms with Crippen molar-refractivity contribution in [3.63, 3.8) is 0 Å². The van der Waals surface area contributed by atoms with Gasteiger partial charge in [0.15, 0.2) is 0 Å². The van der Waals surface area contributed by atoms with E-state index in [-0.39, 0.29) is 38.0 Å². The SMILES string of the molecule is NCCCCC(NC(=O)C1CCCN1C(=O)C(Cc1ccc(O)cc1)NC(=O)C(N)CCC(N)=O)C(=O)O. The second-order valence-corrected chi connectivity index (χ2v) is 9.42. The van der Waals surface area contributed by atoms with Gasteiger partial charge in [0.25, 0.3) is 0 Å². The van der Waals surface area contributed by atoms with Crippen molar-refractivity contribution in [3.05, 3.63) is 29.8 Å². The highest BCUT2D eigenvalue weighted by atomic mass is 16.4. The topological polar surface area (TPSA) is 231 Å². The molecule has 1 aromatic carbocycles. The molecule has 0 saturated carbocycles. The lowest BCUT2D eigenvalue weighted by Crippen LogP contribution is -2.57. The van der Waals surface area contributed by atoms with Crippen LogP contribution in [-0.4, -0.2) is 82.0 Å². The maximum atomic E-state index is 13.6. The van der Waals surface area contributed by atoms with Gasteiger partial charge < -0.3 is 42.9 Å². The fourth-order valence-corrected chi connectivity index (χ4v) is 4.30. The highest BCUT2D eigenvalue weighted by Crippen LogP contribution is 2.21. The first-order valence-electron chi connectivity index (χ1n) is 12.7. The van der Waals surface area contributed by atoms with Gasteiger partial charge in [0.2, 0.25) is 23.6 Å². The molecule has 38 heavy (non-hydrogen) atoms. The number of nitrogens with one attached hydrogen (secondary N) is 2. The summed E-state index contributed by atoms with van der Waals surface area (Å²) in [5, 5.41) is 24.2. The number of likely N-dealkylation sites (tertiary alicyclic amines) is 1.